The summed E-state index contributed by atoms with van der Waals surface area (Å²) in [6.45, 7) is 7.79. The van der Waals surface area contributed by atoms with Gasteiger partial charge < -0.3 is 24.8 Å². The van der Waals surface area contributed by atoms with E-state index in [2.05, 4.69) is 53.3 Å². The van der Waals surface area contributed by atoms with Crippen molar-refractivity contribution in [3.63, 3.8) is 0 Å². The Morgan fingerprint density at radius 1 is 1.21 bits per heavy atom. The third kappa shape index (κ3) is 6.80. The van der Waals surface area contributed by atoms with Gasteiger partial charge in [0.05, 0.1) is 12.1 Å². The van der Waals surface area contributed by atoms with Crippen molar-refractivity contribution < 1.29 is 4.74 Å². The first-order valence-electron chi connectivity index (χ1n) is 10.1. The molecule has 0 spiro atoms. The molecule has 0 aliphatic heterocycles. The molecule has 0 fully saturated rings. The number of hydrogen-bond donors (Lipinski definition) is 2. The highest BCUT2D eigenvalue weighted by Gasteiger charge is 2.14. The van der Waals surface area contributed by atoms with Crippen LogP contribution in [0.3, 0.4) is 0 Å². The first-order chi connectivity index (χ1) is 13.8. The summed E-state index contributed by atoms with van der Waals surface area (Å²) in [5.74, 6) is 0. The molecule has 2 rings (SSSR count). The van der Waals surface area contributed by atoms with Crippen LogP contribution in [0, 0.1) is 13.8 Å². The molecule has 1 heterocycles. The van der Waals surface area contributed by atoms with Crippen molar-refractivity contribution in [1.82, 2.24) is 20.1 Å². The molecule has 1 aromatic carbocycles. The first kappa shape index (κ1) is 23.3. The zero-order valence-electron chi connectivity index (χ0n) is 18.3. The molecule has 0 aliphatic carbocycles. The van der Waals surface area contributed by atoms with Gasteiger partial charge >= 0.3 is 0 Å². The van der Waals surface area contributed by atoms with E-state index in [4.69, 9.17) is 17.0 Å². The largest absolute Gasteiger partial charge is 0.385 e. The Kier molecular flexibility index (Phi) is 9.07. The van der Waals surface area contributed by atoms with Crippen LogP contribution >= 0.6 is 12.2 Å². The van der Waals surface area contributed by atoms with Crippen LogP contribution in [-0.2, 0) is 11.3 Å². The van der Waals surface area contributed by atoms with Gasteiger partial charge in [-0.25, -0.2) is 0 Å². The summed E-state index contributed by atoms with van der Waals surface area (Å²) in [5, 5.41) is 5.03. The molecule has 6 nitrogen and oxygen atoms in total. The van der Waals surface area contributed by atoms with E-state index in [9.17, 15) is 4.79 Å². The molecular weight excluding hydrogens is 384 g/mol. The lowest BCUT2D eigenvalue weighted by atomic mass is 10.0. The second-order valence-electron chi connectivity index (χ2n) is 7.75. The van der Waals surface area contributed by atoms with Crippen LogP contribution in [0.4, 0.5) is 0 Å². The molecule has 0 saturated heterocycles. The Morgan fingerprint density at radius 2 is 1.97 bits per heavy atom. The van der Waals surface area contributed by atoms with E-state index in [1.165, 1.54) is 5.56 Å². The van der Waals surface area contributed by atoms with E-state index in [1.54, 1.807) is 7.11 Å². The number of fused-ring (bicyclic) bond motifs is 1. The third-order valence-electron chi connectivity index (χ3n) is 5.11. The minimum atomic E-state index is -0.0500. The first-order valence-corrected chi connectivity index (χ1v) is 10.5. The number of aromatic amines is 1. The second kappa shape index (κ2) is 11.3. The summed E-state index contributed by atoms with van der Waals surface area (Å²) >= 11 is 5.63. The van der Waals surface area contributed by atoms with Crippen molar-refractivity contribution in [2.45, 2.75) is 33.2 Å². The summed E-state index contributed by atoms with van der Waals surface area (Å²) in [6, 6.07) is 6.15. The highest BCUT2D eigenvalue weighted by Crippen LogP contribution is 2.19. The molecule has 0 atom stereocenters. The van der Waals surface area contributed by atoms with Gasteiger partial charge in [-0.15, -0.1) is 0 Å². The third-order valence-corrected chi connectivity index (χ3v) is 5.51. The minimum absolute atomic E-state index is 0.0500. The van der Waals surface area contributed by atoms with E-state index in [0.29, 0.717) is 18.3 Å². The van der Waals surface area contributed by atoms with Crippen LogP contribution in [0.25, 0.3) is 10.9 Å². The molecule has 7 heteroatoms. The lowest BCUT2D eigenvalue weighted by molar-refractivity contribution is 0.195. The average molecular weight is 419 g/mol. The van der Waals surface area contributed by atoms with Crippen LogP contribution in [0.15, 0.2) is 23.0 Å². The van der Waals surface area contributed by atoms with Gasteiger partial charge in [0, 0.05) is 32.4 Å². The summed E-state index contributed by atoms with van der Waals surface area (Å²) in [5.41, 5.74) is 3.88. The molecule has 0 unspecified atom stereocenters. The van der Waals surface area contributed by atoms with E-state index < -0.39 is 0 Å². The van der Waals surface area contributed by atoms with Crippen molar-refractivity contribution in [3.05, 3.63) is 45.2 Å². The topological polar surface area (TPSA) is 60.6 Å². The molecule has 0 bridgehead atoms. The number of rotatable bonds is 10. The molecule has 0 radical (unpaired) electrons. The normalized spacial score (nSPS) is 11.2. The van der Waals surface area contributed by atoms with E-state index in [0.717, 1.165) is 54.5 Å². The van der Waals surface area contributed by atoms with E-state index >= 15 is 0 Å². The maximum atomic E-state index is 12.8. The molecule has 29 heavy (non-hydrogen) atoms. The number of ether oxygens (including phenoxy) is 1. The fourth-order valence-corrected chi connectivity index (χ4v) is 3.50. The zero-order chi connectivity index (χ0) is 21.4. The molecule has 1 aromatic heterocycles. The monoisotopic (exact) mass is 418 g/mol. The molecule has 0 saturated carbocycles. The molecule has 0 aliphatic rings. The number of pyridine rings is 1. The summed E-state index contributed by atoms with van der Waals surface area (Å²) < 4.78 is 5.10. The van der Waals surface area contributed by atoms with Crippen LogP contribution in [-0.4, -0.2) is 67.3 Å². The minimum Gasteiger partial charge on any atom is -0.385 e. The molecule has 0 amide bonds. The Bertz CT molecular complexity index is 879. The van der Waals surface area contributed by atoms with Crippen LogP contribution in [0.5, 0.6) is 0 Å². The van der Waals surface area contributed by atoms with Crippen molar-refractivity contribution >= 4 is 28.2 Å². The van der Waals surface area contributed by atoms with Gasteiger partial charge in [-0.3, -0.25) is 4.79 Å². The summed E-state index contributed by atoms with van der Waals surface area (Å²) in [7, 11) is 5.81. The zero-order valence-corrected chi connectivity index (χ0v) is 19.1. The SMILES string of the molecule is COCCCNC(=S)N(CCCN(C)C)Cc1cc2ccc(C)c(C)c2[nH]c1=O. The fraction of sp³-hybridized carbons (Fsp3) is 0.545. The van der Waals surface area contributed by atoms with Crippen LogP contribution in [0.2, 0.25) is 0 Å². The number of aromatic nitrogens is 1. The standard InChI is InChI=1S/C22H34N4O2S/c1-16-8-9-18-14-19(21(27)24-20(18)17(16)2)15-26(12-7-11-25(3)4)22(29)23-10-6-13-28-5/h8-9,14H,6-7,10-13,15H2,1-5H3,(H,23,29)(H,24,27). The number of benzene rings is 1. The summed E-state index contributed by atoms with van der Waals surface area (Å²) in [4.78, 5) is 20.1. The predicted molar refractivity (Wildman–Crippen MR) is 125 cm³/mol. The van der Waals surface area contributed by atoms with Gasteiger partial charge in [-0.2, -0.15) is 0 Å². The van der Waals surface area contributed by atoms with Gasteiger partial charge in [0.2, 0.25) is 0 Å². The smallest absolute Gasteiger partial charge is 0.253 e. The highest BCUT2D eigenvalue weighted by molar-refractivity contribution is 7.80. The van der Waals surface area contributed by atoms with Gasteiger partial charge in [0.1, 0.15) is 0 Å². The Hall–Kier alpha value is -1.96. The Labute approximate surface area is 179 Å². The Balaban J connectivity index is 2.19. The van der Waals surface area contributed by atoms with Crippen molar-refractivity contribution in [3.8, 4) is 0 Å². The van der Waals surface area contributed by atoms with Gasteiger partial charge in [-0.1, -0.05) is 12.1 Å². The number of thiocarbonyl (C=S) groups is 1. The lowest BCUT2D eigenvalue weighted by Gasteiger charge is -2.26. The molecular formula is C22H34N4O2S. The fourth-order valence-electron chi connectivity index (χ4n) is 3.25. The quantitative estimate of drug-likeness (QED) is 0.457. The number of hydrogen-bond acceptors (Lipinski definition) is 4. The molecule has 2 aromatic rings. The van der Waals surface area contributed by atoms with Gasteiger partial charge in [0.15, 0.2) is 5.11 Å². The number of H-pyrrole nitrogens is 1. The lowest BCUT2D eigenvalue weighted by Crippen LogP contribution is -2.42. The Morgan fingerprint density at radius 3 is 2.66 bits per heavy atom. The number of methoxy groups -OCH3 is 1. The molecule has 2 N–H and O–H groups in total. The number of nitrogens with zero attached hydrogens (tertiary/aromatic N) is 2. The van der Waals surface area contributed by atoms with Crippen molar-refractivity contribution in [1.29, 1.82) is 0 Å². The van der Waals surface area contributed by atoms with Crippen LogP contribution in [0.1, 0.15) is 29.5 Å². The van der Waals surface area contributed by atoms with Crippen LogP contribution < -0.4 is 10.9 Å². The summed E-state index contributed by atoms with van der Waals surface area (Å²) in [6.07, 6.45) is 1.86. The van der Waals surface area contributed by atoms with Crippen molar-refractivity contribution in [2.24, 2.45) is 0 Å². The maximum absolute atomic E-state index is 12.8. The van der Waals surface area contributed by atoms with Crippen molar-refractivity contribution in [2.75, 3.05) is 47.4 Å². The molecule has 160 valence electrons. The van der Waals surface area contributed by atoms with Gasteiger partial charge in [-0.05, 0) is 82.1 Å². The van der Waals surface area contributed by atoms with E-state index in [1.807, 2.05) is 13.0 Å². The van der Waals surface area contributed by atoms with Gasteiger partial charge in [0.25, 0.3) is 5.56 Å². The predicted octanol–water partition coefficient (Wildman–Crippen LogP) is 2.81. The number of aryl methyl sites for hydroxylation is 2. The maximum Gasteiger partial charge on any atom is 0.253 e. The average Bonchev–Trinajstić information content (AvgIpc) is 2.68. The highest BCUT2D eigenvalue weighted by atomic mass is 32.1. The second-order valence-corrected chi connectivity index (χ2v) is 8.14. The number of nitrogens with one attached hydrogen (secondary N) is 2. The van der Waals surface area contributed by atoms with E-state index in [-0.39, 0.29) is 5.56 Å².